The number of esters is 1. The van der Waals surface area contributed by atoms with Gasteiger partial charge in [0.25, 0.3) is 0 Å². The van der Waals surface area contributed by atoms with Crippen molar-refractivity contribution in [3.8, 4) is 0 Å². The molecule has 0 bridgehead atoms. The van der Waals surface area contributed by atoms with E-state index >= 15 is 0 Å². The SMILES string of the molecule is CC(C)OC(=O)CC(=O)c1c(Cl)cc(Cl)cc1Cl. The van der Waals surface area contributed by atoms with Crippen LogP contribution in [0.1, 0.15) is 30.6 Å². The number of benzene rings is 1. The van der Waals surface area contributed by atoms with E-state index in [0.29, 0.717) is 5.02 Å². The molecule has 0 amide bonds. The molecule has 0 atom stereocenters. The smallest absolute Gasteiger partial charge is 0.313 e. The van der Waals surface area contributed by atoms with Crippen LogP contribution < -0.4 is 0 Å². The average Bonchev–Trinajstić information content (AvgIpc) is 2.12. The number of rotatable bonds is 4. The van der Waals surface area contributed by atoms with E-state index in [9.17, 15) is 9.59 Å². The van der Waals surface area contributed by atoms with Crippen molar-refractivity contribution in [1.29, 1.82) is 0 Å². The predicted molar refractivity (Wildman–Crippen MR) is 71.6 cm³/mol. The summed E-state index contributed by atoms with van der Waals surface area (Å²) in [5.41, 5.74) is 0.0865. The highest BCUT2D eigenvalue weighted by atomic mass is 35.5. The molecule has 0 aliphatic carbocycles. The summed E-state index contributed by atoms with van der Waals surface area (Å²) < 4.78 is 4.87. The Morgan fingerprint density at radius 2 is 1.67 bits per heavy atom. The zero-order valence-corrected chi connectivity index (χ0v) is 12.1. The fourth-order valence-corrected chi connectivity index (χ4v) is 2.36. The van der Waals surface area contributed by atoms with Crippen molar-refractivity contribution >= 4 is 46.6 Å². The third-order valence-electron chi connectivity index (χ3n) is 1.96. The minimum Gasteiger partial charge on any atom is -0.463 e. The summed E-state index contributed by atoms with van der Waals surface area (Å²) in [5.74, 6) is -1.11. The van der Waals surface area contributed by atoms with Gasteiger partial charge in [-0.05, 0) is 26.0 Å². The van der Waals surface area contributed by atoms with E-state index in [2.05, 4.69) is 0 Å². The standard InChI is InChI=1S/C12H11Cl3O3/c1-6(2)18-11(17)5-10(16)12-8(14)3-7(13)4-9(12)15/h3-4,6H,5H2,1-2H3. The molecule has 1 aromatic carbocycles. The maximum atomic E-state index is 11.9. The summed E-state index contributed by atoms with van der Waals surface area (Å²) in [4.78, 5) is 23.2. The highest BCUT2D eigenvalue weighted by Gasteiger charge is 2.20. The maximum Gasteiger partial charge on any atom is 0.313 e. The van der Waals surface area contributed by atoms with Gasteiger partial charge < -0.3 is 4.74 Å². The van der Waals surface area contributed by atoms with Gasteiger partial charge in [0.05, 0.1) is 21.7 Å². The Balaban J connectivity index is 2.88. The molecule has 1 rings (SSSR count). The summed E-state index contributed by atoms with van der Waals surface area (Å²) in [6.07, 6.45) is -0.680. The Bertz CT molecular complexity index is 460. The molecule has 0 aliphatic heterocycles. The van der Waals surface area contributed by atoms with Crippen LogP contribution in [0.3, 0.4) is 0 Å². The molecule has 0 fully saturated rings. The average molecular weight is 310 g/mol. The lowest BCUT2D eigenvalue weighted by atomic mass is 10.1. The Morgan fingerprint density at radius 3 is 2.11 bits per heavy atom. The number of hydrogen-bond donors (Lipinski definition) is 0. The van der Waals surface area contributed by atoms with Crippen molar-refractivity contribution in [2.75, 3.05) is 0 Å². The minimum atomic E-state index is -0.614. The molecule has 3 nitrogen and oxygen atoms in total. The number of ether oxygens (including phenoxy) is 1. The van der Waals surface area contributed by atoms with Crippen LogP contribution in [0.4, 0.5) is 0 Å². The first-order chi connectivity index (χ1) is 8.31. The summed E-state index contributed by atoms with van der Waals surface area (Å²) in [6, 6.07) is 2.80. The molecule has 0 spiro atoms. The number of carbonyl (C=O) groups excluding carboxylic acids is 2. The first kappa shape index (κ1) is 15.3. The van der Waals surface area contributed by atoms with Crippen LogP contribution in [0.15, 0.2) is 12.1 Å². The summed E-state index contributed by atoms with van der Waals surface area (Å²) in [5, 5.41) is 0.566. The molecule has 0 radical (unpaired) electrons. The van der Waals surface area contributed by atoms with Crippen LogP contribution in [0, 0.1) is 0 Å². The second-order valence-corrected chi connectivity index (χ2v) is 5.13. The number of halogens is 3. The fourth-order valence-electron chi connectivity index (χ4n) is 1.33. The molecule has 1 aromatic rings. The summed E-state index contributed by atoms with van der Waals surface area (Å²) in [7, 11) is 0. The van der Waals surface area contributed by atoms with Crippen molar-refractivity contribution < 1.29 is 14.3 Å². The Hall–Kier alpha value is -0.770. The second kappa shape index (κ2) is 6.41. The monoisotopic (exact) mass is 308 g/mol. The number of carbonyl (C=O) groups is 2. The van der Waals surface area contributed by atoms with Crippen molar-refractivity contribution in [2.45, 2.75) is 26.4 Å². The van der Waals surface area contributed by atoms with Gasteiger partial charge in [-0.25, -0.2) is 0 Å². The lowest BCUT2D eigenvalue weighted by molar-refractivity contribution is -0.146. The molecule has 0 aromatic heterocycles. The van der Waals surface area contributed by atoms with Crippen LogP contribution in [0.2, 0.25) is 15.1 Å². The van der Waals surface area contributed by atoms with E-state index in [1.54, 1.807) is 13.8 Å². The zero-order chi connectivity index (χ0) is 13.9. The quantitative estimate of drug-likeness (QED) is 0.476. The summed E-state index contributed by atoms with van der Waals surface area (Å²) >= 11 is 17.5. The van der Waals surface area contributed by atoms with Gasteiger partial charge in [0.2, 0.25) is 0 Å². The minimum absolute atomic E-state index is 0.0865. The largest absolute Gasteiger partial charge is 0.463 e. The third kappa shape index (κ3) is 4.16. The van der Waals surface area contributed by atoms with E-state index in [1.807, 2.05) is 0 Å². The van der Waals surface area contributed by atoms with Crippen LogP contribution in [-0.2, 0) is 9.53 Å². The van der Waals surface area contributed by atoms with Crippen molar-refractivity contribution in [1.82, 2.24) is 0 Å². The lowest BCUT2D eigenvalue weighted by Gasteiger charge is -2.09. The Labute approximate surface area is 120 Å². The molecule has 0 unspecified atom stereocenters. The fraction of sp³-hybridized carbons (Fsp3) is 0.333. The van der Waals surface area contributed by atoms with Crippen molar-refractivity contribution in [2.24, 2.45) is 0 Å². The van der Waals surface area contributed by atoms with E-state index in [0.717, 1.165) is 0 Å². The highest BCUT2D eigenvalue weighted by molar-refractivity contribution is 6.42. The van der Waals surface area contributed by atoms with E-state index in [-0.39, 0.29) is 21.7 Å². The lowest BCUT2D eigenvalue weighted by Crippen LogP contribution is -2.16. The molecule has 18 heavy (non-hydrogen) atoms. The first-order valence-electron chi connectivity index (χ1n) is 5.18. The van der Waals surface area contributed by atoms with Gasteiger partial charge in [-0.1, -0.05) is 34.8 Å². The van der Waals surface area contributed by atoms with Crippen LogP contribution in [0.5, 0.6) is 0 Å². The van der Waals surface area contributed by atoms with Gasteiger partial charge in [0.15, 0.2) is 5.78 Å². The van der Waals surface area contributed by atoms with Gasteiger partial charge in [0, 0.05) is 5.02 Å². The maximum absolute atomic E-state index is 11.9. The van der Waals surface area contributed by atoms with Crippen LogP contribution in [0.25, 0.3) is 0 Å². The first-order valence-corrected chi connectivity index (χ1v) is 6.32. The van der Waals surface area contributed by atoms with Gasteiger partial charge in [0.1, 0.15) is 6.42 Å². The van der Waals surface area contributed by atoms with Crippen LogP contribution in [-0.4, -0.2) is 17.9 Å². The Morgan fingerprint density at radius 1 is 1.17 bits per heavy atom. The highest BCUT2D eigenvalue weighted by Crippen LogP contribution is 2.30. The van der Waals surface area contributed by atoms with Crippen LogP contribution >= 0.6 is 34.8 Å². The molecular formula is C12H11Cl3O3. The molecule has 0 heterocycles. The predicted octanol–water partition coefficient (Wildman–Crippen LogP) is 4.17. The topological polar surface area (TPSA) is 43.4 Å². The van der Waals surface area contributed by atoms with Gasteiger partial charge >= 0.3 is 5.97 Å². The molecule has 6 heteroatoms. The van der Waals surface area contributed by atoms with Crippen molar-refractivity contribution in [3.05, 3.63) is 32.8 Å². The second-order valence-electron chi connectivity index (χ2n) is 3.88. The normalized spacial score (nSPS) is 10.6. The number of hydrogen-bond acceptors (Lipinski definition) is 3. The van der Waals surface area contributed by atoms with E-state index in [1.165, 1.54) is 12.1 Å². The number of Topliss-reactive ketones (excluding diaryl/α,β-unsaturated/α-hetero) is 1. The molecule has 0 aliphatic rings. The van der Waals surface area contributed by atoms with Gasteiger partial charge in [-0.2, -0.15) is 0 Å². The third-order valence-corrected chi connectivity index (χ3v) is 2.77. The molecule has 0 saturated carbocycles. The van der Waals surface area contributed by atoms with Crippen molar-refractivity contribution in [3.63, 3.8) is 0 Å². The number of ketones is 1. The van der Waals surface area contributed by atoms with Gasteiger partial charge in [-0.15, -0.1) is 0 Å². The van der Waals surface area contributed by atoms with E-state index in [4.69, 9.17) is 39.5 Å². The van der Waals surface area contributed by atoms with Gasteiger partial charge in [-0.3, -0.25) is 9.59 Å². The van der Waals surface area contributed by atoms with E-state index < -0.39 is 18.2 Å². The summed E-state index contributed by atoms with van der Waals surface area (Å²) in [6.45, 7) is 3.40. The molecule has 0 N–H and O–H groups in total. The molecule has 98 valence electrons. The molecular weight excluding hydrogens is 298 g/mol. The Kier molecular flexibility index (Phi) is 5.45. The molecule has 0 saturated heterocycles. The zero-order valence-electron chi connectivity index (χ0n) is 9.80.